The lowest BCUT2D eigenvalue weighted by Crippen LogP contribution is -2.37. The Morgan fingerprint density at radius 2 is 2.00 bits per heavy atom. The summed E-state index contributed by atoms with van der Waals surface area (Å²) in [5, 5.41) is 28.2. The van der Waals surface area contributed by atoms with Gasteiger partial charge in [0.05, 0.1) is 5.36 Å². The molecule has 0 amide bonds. The predicted octanol–water partition coefficient (Wildman–Crippen LogP) is -1.24. The van der Waals surface area contributed by atoms with Gasteiger partial charge in [-0.15, -0.1) is 0 Å². The Balaban J connectivity index is 2.82. The van der Waals surface area contributed by atoms with Crippen LogP contribution in [-0.2, 0) is 4.79 Å². The van der Waals surface area contributed by atoms with Gasteiger partial charge in [0.2, 0.25) is 0 Å². The maximum atomic E-state index is 10.7. The monoisotopic (exact) mass is 193 g/mol. The van der Waals surface area contributed by atoms with E-state index in [1.165, 1.54) is 12.1 Å². The van der Waals surface area contributed by atoms with Gasteiger partial charge in [0.15, 0.2) is 5.76 Å². The highest BCUT2D eigenvalue weighted by Crippen LogP contribution is 2.17. The zero-order valence-corrected chi connectivity index (χ0v) is 7.01. The Hall–Kier alpha value is -1.88. The van der Waals surface area contributed by atoms with Crippen LogP contribution in [0.25, 0.3) is 5.76 Å². The van der Waals surface area contributed by atoms with Crippen molar-refractivity contribution in [3.05, 3.63) is 34.8 Å². The SMILES string of the molecule is O=C(O)C1(O)N=c2ccccc2=C1O. The minimum absolute atomic E-state index is 0.248. The highest BCUT2D eigenvalue weighted by Gasteiger charge is 2.43. The number of hydrogen-bond acceptors (Lipinski definition) is 4. The van der Waals surface area contributed by atoms with Crippen LogP contribution in [0.2, 0.25) is 0 Å². The Labute approximate surface area is 78.3 Å². The number of aliphatic hydroxyl groups excluding tert-OH is 1. The fourth-order valence-corrected chi connectivity index (χ4v) is 1.34. The maximum Gasteiger partial charge on any atom is 0.367 e. The molecule has 1 aliphatic rings. The van der Waals surface area contributed by atoms with Crippen molar-refractivity contribution in [2.24, 2.45) is 4.99 Å². The van der Waals surface area contributed by atoms with E-state index in [2.05, 4.69) is 4.99 Å². The minimum Gasteiger partial charge on any atom is -0.506 e. The molecule has 1 atom stereocenters. The molecule has 0 spiro atoms. The van der Waals surface area contributed by atoms with Crippen LogP contribution < -0.4 is 10.6 Å². The third kappa shape index (κ3) is 0.928. The van der Waals surface area contributed by atoms with Crippen LogP contribution in [0.1, 0.15) is 0 Å². The molecule has 2 rings (SSSR count). The summed E-state index contributed by atoms with van der Waals surface area (Å²) >= 11 is 0. The molecular weight excluding hydrogens is 186 g/mol. The van der Waals surface area contributed by atoms with Gasteiger partial charge in [-0.1, -0.05) is 12.1 Å². The quantitative estimate of drug-likeness (QED) is 0.520. The van der Waals surface area contributed by atoms with E-state index in [1.54, 1.807) is 12.1 Å². The summed E-state index contributed by atoms with van der Waals surface area (Å²) in [6.45, 7) is 0. The number of rotatable bonds is 1. The molecule has 1 aromatic rings. The molecule has 0 fully saturated rings. The zero-order chi connectivity index (χ0) is 10.3. The van der Waals surface area contributed by atoms with E-state index < -0.39 is 17.5 Å². The minimum atomic E-state index is -2.52. The number of aliphatic carboxylic acids is 1. The Morgan fingerprint density at radius 1 is 1.36 bits per heavy atom. The number of para-hydroxylation sites is 1. The Morgan fingerprint density at radius 3 is 2.57 bits per heavy atom. The van der Waals surface area contributed by atoms with Crippen molar-refractivity contribution in [1.82, 2.24) is 0 Å². The second-order valence-electron chi connectivity index (χ2n) is 2.95. The molecule has 1 heterocycles. The number of nitrogens with zero attached hydrogens (tertiary/aromatic N) is 1. The topological polar surface area (TPSA) is 90.1 Å². The third-order valence-corrected chi connectivity index (χ3v) is 2.07. The average molecular weight is 193 g/mol. The number of hydrogen-bond donors (Lipinski definition) is 3. The van der Waals surface area contributed by atoms with E-state index in [0.717, 1.165) is 0 Å². The lowest BCUT2D eigenvalue weighted by Gasteiger charge is -2.13. The van der Waals surface area contributed by atoms with Crippen LogP contribution >= 0.6 is 0 Å². The van der Waals surface area contributed by atoms with E-state index in [9.17, 15) is 15.0 Å². The van der Waals surface area contributed by atoms with Crippen molar-refractivity contribution < 1.29 is 20.1 Å². The highest BCUT2D eigenvalue weighted by molar-refractivity contribution is 5.88. The van der Waals surface area contributed by atoms with Crippen LogP contribution in [0.15, 0.2) is 29.3 Å². The molecule has 5 heteroatoms. The van der Waals surface area contributed by atoms with E-state index in [1.807, 2.05) is 0 Å². The summed E-state index contributed by atoms with van der Waals surface area (Å²) in [6, 6.07) is 6.28. The van der Waals surface area contributed by atoms with E-state index in [0.29, 0.717) is 0 Å². The molecule has 72 valence electrons. The molecule has 1 aromatic carbocycles. The van der Waals surface area contributed by atoms with Crippen molar-refractivity contribution in [2.45, 2.75) is 5.72 Å². The average Bonchev–Trinajstić information content (AvgIpc) is 2.42. The Bertz CT molecular complexity index is 522. The van der Waals surface area contributed by atoms with Crippen LogP contribution in [-0.4, -0.2) is 27.0 Å². The van der Waals surface area contributed by atoms with Gasteiger partial charge in [-0.25, -0.2) is 9.79 Å². The largest absolute Gasteiger partial charge is 0.506 e. The first-order chi connectivity index (χ1) is 6.55. The molecule has 1 aliphatic heterocycles. The van der Waals surface area contributed by atoms with Crippen LogP contribution in [0.4, 0.5) is 0 Å². The van der Waals surface area contributed by atoms with Crippen LogP contribution in [0, 0.1) is 0 Å². The lowest BCUT2D eigenvalue weighted by atomic mass is 10.2. The van der Waals surface area contributed by atoms with Gasteiger partial charge in [-0.2, -0.15) is 0 Å². The lowest BCUT2D eigenvalue weighted by molar-refractivity contribution is -0.153. The zero-order valence-electron chi connectivity index (χ0n) is 7.01. The highest BCUT2D eigenvalue weighted by atomic mass is 16.4. The number of carbonyl (C=O) groups is 1. The number of carboxylic acid groups (broad SMARTS) is 1. The van der Waals surface area contributed by atoms with Gasteiger partial charge in [0.1, 0.15) is 0 Å². The summed E-state index contributed by atoms with van der Waals surface area (Å²) in [7, 11) is 0. The van der Waals surface area contributed by atoms with E-state index >= 15 is 0 Å². The van der Waals surface area contributed by atoms with Gasteiger partial charge in [-0.3, -0.25) is 0 Å². The molecule has 0 radical (unpaired) electrons. The fourth-order valence-electron chi connectivity index (χ4n) is 1.34. The summed E-state index contributed by atoms with van der Waals surface area (Å²) in [5.41, 5.74) is -2.52. The van der Waals surface area contributed by atoms with Gasteiger partial charge in [-0.05, 0) is 12.1 Å². The van der Waals surface area contributed by atoms with Crippen molar-refractivity contribution in [2.75, 3.05) is 0 Å². The van der Waals surface area contributed by atoms with Crippen molar-refractivity contribution in [3.8, 4) is 0 Å². The summed E-state index contributed by atoms with van der Waals surface area (Å²) in [6.07, 6.45) is 0. The second-order valence-corrected chi connectivity index (χ2v) is 2.95. The summed E-state index contributed by atoms with van der Waals surface area (Å²) in [5.74, 6) is -2.23. The molecule has 1 unspecified atom stereocenters. The van der Waals surface area contributed by atoms with Gasteiger partial charge < -0.3 is 15.3 Å². The summed E-state index contributed by atoms with van der Waals surface area (Å²) < 4.78 is 0. The molecule has 0 aromatic heterocycles. The number of benzene rings is 1. The van der Waals surface area contributed by atoms with Gasteiger partial charge in [0, 0.05) is 5.22 Å². The molecular formula is C9H7NO4. The number of fused-ring (bicyclic) bond motifs is 1. The second kappa shape index (κ2) is 2.55. The predicted molar refractivity (Wildman–Crippen MR) is 45.8 cm³/mol. The molecule has 14 heavy (non-hydrogen) atoms. The van der Waals surface area contributed by atoms with E-state index in [-0.39, 0.29) is 10.6 Å². The molecule has 0 saturated carbocycles. The van der Waals surface area contributed by atoms with Crippen LogP contribution in [0.5, 0.6) is 0 Å². The summed E-state index contributed by atoms with van der Waals surface area (Å²) in [4.78, 5) is 14.2. The molecule has 0 aliphatic carbocycles. The molecule has 0 saturated heterocycles. The van der Waals surface area contributed by atoms with Gasteiger partial charge >= 0.3 is 11.7 Å². The van der Waals surface area contributed by atoms with Crippen molar-refractivity contribution >= 4 is 11.7 Å². The third-order valence-electron chi connectivity index (χ3n) is 2.07. The molecule has 0 bridgehead atoms. The first kappa shape index (κ1) is 8.71. The maximum absolute atomic E-state index is 10.7. The first-order valence-corrected chi connectivity index (χ1v) is 3.90. The van der Waals surface area contributed by atoms with Gasteiger partial charge in [0.25, 0.3) is 0 Å². The first-order valence-electron chi connectivity index (χ1n) is 3.90. The molecule has 3 N–H and O–H groups in total. The van der Waals surface area contributed by atoms with Crippen molar-refractivity contribution in [1.29, 1.82) is 0 Å². The smallest absolute Gasteiger partial charge is 0.367 e. The fraction of sp³-hybridized carbons (Fsp3) is 0.111. The Kier molecular flexibility index (Phi) is 1.59. The normalized spacial score (nSPS) is 24.2. The number of aliphatic hydroxyl groups is 2. The van der Waals surface area contributed by atoms with Crippen molar-refractivity contribution in [3.63, 3.8) is 0 Å². The van der Waals surface area contributed by atoms with Crippen LogP contribution in [0.3, 0.4) is 0 Å². The standard InChI is InChI=1S/C9H7NO4/c11-7-5-3-1-2-4-6(5)10-9(7,14)8(12)13/h1-4,11,14H,(H,12,13). The van der Waals surface area contributed by atoms with E-state index in [4.69, 9.17) is 5.11 Å². The molecule has 5 nitrogen and oxygen atoms in total. The number of carboxylic acids is 1.